The molecule has 0 unspecified atom stereocenters. The fourth-order valence-corrected chi connectivity index (χ4v) is 2.33. The Balaban J connectivity index is 0.00000200. The summed E-state index contributed by atoms with van der Waals surface area (Å²) in [6.45, 7) is 8.63. The highest BCUT2D eigenvalue weighted by molar-refractivity contribution is 5.85. The van der Waals surface area contributed by atoms with Gasteiger partial charge in [0, 0.05) is 31.7 Å². The first-order valence-electron chi connectivity index (χ1n) is 7.00. The quantitative estimate of drug-likeness (QED) is 0.865. The molecule has 0 atom stereocenters. The predicted molar refractivity (Wildman–Crippen MR) is 91.0 cm³/mol. The number of nitrogens with zero attached hydrogens (tertiary/aromatic N) is 1. The molecule has 0 aromatic heterocycles. The second-order valence-corrected chi connectivity index (χ2v) is 4.82. The van der Waals surface area contributed by atoms with Crippen LogP contribution in [0.3, 0.4) is 0 Å². The van der Waals surface area contributed by atoms with E-state index in [9.17, 15) is 0 Å². The zero-order valence-corrected chi connectivity index (χ0v) is 14.4. The van der Waals surface area contributed by atoms with Gasteiger partial charge in [0.25, 0.3) is 0 Å². The van der Waals surface area contributed by atoms with Gasteiger partial charge in [-0.3, -0.25) is 4.90 Å². The molecule has 1 fully saturated rings. The molecular weight excluding hydrogens is 311 g/mol. The van der Waals surface area contributed by atoms with Gasteiger partial charge in [-0.2, -0.15) is 0 Å². The van der Waals surface area contributed by atoms with Crippen molar-refractivity contribution in [2.45, 2.75) is 20.0 Å². The fourth-order valence-electron chi connectivity index (χ4n) is 2.33. The van der Waals surface area contributed by atoms with E-state index in [1.807, 2.05) is 0 Å². The number of halogens is 2. The maximum Gasteiger partial charge on any atom is 0.123 e. The molecule has 122 valence electrons. The number of rotatable bonds is 6. The Kier molecular flexibility index (Phi) is 10.8. The number of morpholine rings is 1. The lowest BCUT2D eigenvalue weighted by molar-refractivity contribution is 0.0339. The minimum atomic E-state index is 0. The third-order valence-electron chi connectivity index (χ3n) is 3.42. The molecule has 1 aliphatic rings. The first kappa shape index (κ1) is 20.5. The van der Waals surface area contributed by atoms with Gasteiger partial charge in [0.15, 0.2) is 0 Å². The molecule has 21 heavy (non-hydrogen) atoms. The van der Waals surface area contributed by atoms with E-state index in [-0.39, 0.29) is 24.8 Å². The number of benzene rings is 1. The Morgan fingerprint density at radius 1 is 1.24 bits per heavy atom. The third kappa shape index (κ3) is 6.41. The number of hydrogen-bond donors (Lipinski definition) is 1. The van der Waals surface area contributed by atoms with Crippen LogP contribution >= 0.6 is 24.8 Å². The lowest BCUT2D eigenvalue weighted by atomic mass is 10.1. The Bertz CT molecular complexity index is 399. The van der Waals surface area contributed by atoms with Crippen LogP contribution in [0.5, 0.6) is 5.75 Å². The number of hydrogen-bond acceptors (Lipinski definition) is 4. The summed E-state index contributed by atoms with van der Waals surface area (Å²) in [5.41, 5.74) is 2.57. The SMILES string of the molecule is CCNCc1ccc(OC)c(CN2CCOCC2)c1.Cl.Cl. The summed E-state index contributed by atoms with van der Waals surface area (Å²) in [7, 11) is 1.74. The molecule has 1 N–H and O–H groups in total. The van der Waals surface area contributed by atoms with Crippen LogP contribution in [0.1, 0.15) is 18.1 Å². The highest BCUT2D eigenvalue weighted by atomic mass is 35.5. The Morgan fingerprint density at radius 3 is 2.57 bits per heavy atom. The van der Waals surface area contributed by atoms with Crippen molar-refractivity contribution in [3.63, 3.8) is 0 Å². The van der Waals surface area contributed by atoms with Crippen LogP contribution < -0.4 is 10.1 Å². The monoisotopic (exact) mass is 336 g/mol. The summed E-state index contributed by atoms with van der Waals surface area (Å²) >= 11 is 0. The largest absolute Gasteiger partial charge is 0.496 e. The van der Waals surface area contributed by atoms with Crippen molar-refractivity contribution in [1.82, 2.24) is 10.2 Å². The normalized spacial score (nSPS) is 15.0. The lowest BCUT2D eigenvalue weighted by Crippen LogP contribution is -2.35. The average molecular weight is 337 g/mol. The zero-order chi connectivity index (χ0) is 13.5. The van der Waals surface area contributed by atoms with Gasteiger partial charge in [0.1, 0.15) is 5.75 Å². The van der Waals surface area contributed by atoms with Gasteiger partial charge in [0.05, 0.1) is 20.3 Å². The summed E-state index contributed by atoms with van der Waals surface area (Å²) in [6.07, 6.45) is 0. The van der Waals surface area contributed by atoms with Gasteiger partial charge in [-0.05, 0) is 24.2 Å². The van der Waals surface area contributed by atoms with E-state index in [4.69, 9.17) is 9.47 Å². The third-order valence-corrected chi connectivity index (χ3v) is 3.42. The molecule has 0 spiro atoms. The van der Waals surface area contributed by atoms with E-state index in [2.05, 4.69) is 35.3 Å². The minimum Gasteiger partial charge on any atom is -0.496 e. The van der Waals surface area contributed by atoms with Crippen LogP contribution in [-0.2, 0) is 17.8 Å². The molecule has 4 nitrogen and oxygen atoms in total. The van der Waals surface area contributed by atoms with Gasteiger partial charge >= 0.3 is 0 Å². The minimum absolute atomic E-state index is 0. The standard InChI is InChI=1S/C15H24N2O2.2ClH/c1-3-16-11-13-4-5-15(18-2)14(10-13)12-17-6-8-19-9-7-17;;/h4-5,10,16H,3,6-9,11-12H2,1-2H3;2*1H. The van der Waals surface area contributed by atoms with E-state index in [0.717, 1.165) is 51.7 Å². The first-order chi connectivity index (χ1) is 9.33. The van der Waals surface area contributed by atoms with Gasteiger partial charge < -0.3 is 14.8 Å². The average Bonchev–Trinajstić information content (AvgIpc) is 2.46. The molecule has 0 amide bonds. The van der Waals surface area contributed by atoms with Crippen LogP contribution in [0.25, 0.3) is 0 Å². The van der Waals surface area contributed by atoms with E-state index in [0.29, 0.717) is 0 Å². The second kappa shape index (κ2) is 11.1. The summed E-state index contributed by atoms with van der Waals surface area (Å²) in [4.78, 5) is 2.42. The highest BCUT2D eigenvalue weighted by Crippen LogP contribution is 2.22. The topological polar surface area (TPSA) is 33.7 Å². The summed E-state index contributed by atoms with van der Waals surface area (Å²) in [5, 5.41) is 3.36. The van der Waals surface area contributed by atoms with Crippen molar-refractivity contribution in [2.75, 3.05) is 40.0 Å². The summed E-state index contributed by atoms with van der Waals surface area (Å²) < 4.78 is 10.9. The van der Waals surface area contributed by atoms with Gasteiger partial charge in [-0.15, -0.1) is 24.8 Å². The lowest BCUT2D eigenvalue weighted by Gasteiger charge is -2.27. The van der Waals surface area contributed by atoms with Crippen molar-refractivity contribution in [1.29, 1.82) is 0 Å². The van der Waals surface area contributed by atoms with Gasteiger partial charge in [-0.1, -0.05) is 13.0 Å². The molecule has 1 aromatic carbocycles. The smallest absolute Gasteiger partial charge is 0.123 e. The molecule has 0 radical (unpaired) electrons. The van der Waals surface area contributed by atoms with Crippen molar-refractivity contribution in [3.05, 3.63) is 29.3 Å². The van der Waals surface area contributed by atoms with Crippen molar-refractivity contribution >= 4 is 24.8 Å². The zero-order valence-electron chi connectivity index (χ0n) is 12.8. The van der Waals surface area contributed by atoms with Crippen molar-refractivity contribution in [3.8, 4) is 5.75 Å². The molecule has 1 aromatic rings. The van der Waals surface area contributed by atoms with E-state index in [1.54, 1.807) is 7.11 Å². The van der Waals surface area contributed by atoms with Crippen LogP contribution in [0, 0.1) is 0 Å². The predicted octanol–water partition coefficient (Wildman–Crippen LogP) is 2.48. The molecule has 0 bridgehead atoms. The van der Waals surface area contributed by atoms with Gasteiger partial charge in [-0.25, -0.2) is 0 Å². The first-order valence-corrected chi connectivity index (χ1v) is 7.00. The number of methoxy groups -OCH3 is 1. The molecule has 2 rings (SSSR count). The second-order valence-electron chi connectivity index (χ2n) is 4.82. The number of nitrogens with one attached hydrogen (secondary N) is 1. The molecule has 6 heteroatoms. The maximum absolute atomic E-state index is 5.47. The van der Waals surface area contributed by atoms with Crippen LogP contribution in [0.2, 0.25) is 0 Å². The van der Waals surface area contributed by atoms with Crippen LogP contribution in [0.4, 0.5) is 0 Å². The Hall–Kier alpha value is -0.520. The van der Waals surface area contributed by atoms with Gasteiger partial charge in [0.2, 0.25) is 0 Å². The van der Waals surface area contributed by atoms with Crippen LogP contribution in [-0.4, -0.2) is 44.9 Å². The van der Waals surface area contributed by atoms with E-state index < -0.39 is 0 Å². The molecule has 1 saturated heterocycles. The van der Waals surface area contributed by atoms with E-state index >= 15 is 0 Å². The molecule has 0 saturated carbocycles. The molecular formula is C15H26Cl2N2O2. The fraction of sp³-hybridized carbons (Fsp3) is 0.600. The Labute approximate surface area is 140 Å². The van der Waals surface area contributed by atoms with Crippen LogP contribution in [0.15, 0.2) is 18.2 Å². The number of ether oxygens (including phenoxy) is 2. The maximum atomic E-state index is 5.47. The summed E-state index contributed by atoms with van der Waals surface area (Å²) in [6, 6.07) is 6.45. The highest BCUT2D eigenvalue weighted by Gasteiger charge is 2.13. The molecule has 1 heterocycles. The molecule has 1 aliphatic heterocycles. The van der Waals surface area contributed by atoms with Crippen molar-refractivity contribution < 1.29 is 9.47 Å². The molecule has 0 aliphatic carbocycles. The van der Waals surface area contributed by atoms with E-state index in [1.165, 1.54) is 11.1 Å². The Morgan fingerprint density at radius 2 is 1.95 bits per heavy atom. The van der Waals surface area contributed by atoms with Crippen molar-refractivity contribution in [2.24, 2.45) is 0 Å². The summed E-state index contributed by atoms with van der Waals surface area (Å²) in [5.74, 6) is 0.978.